The van der Waals surface area contributed by atoms with Crippen LogP contribution in [-0.2, 0) is 19.1 Å². The summed E-state index contributed by atoms with van der Waals surface area (Å²) in [7, 11) is 0. The van der Waals surface area contributed by atoms with E-state index in [0.717, 1.165) is 128 Å². The molecule has 0 fully saturated rings. The minimum Gasteiger partial charge on any atom is -0.462 e. The van der Waals surface area contributed by atoms with Crippen LogP contribution in [0.2, 0.25) is 0 Å². The fourth-order valence-corrected chi connectivity index (χ4v) is 11.1. The van der Waals surface area contributed by atoms with Crippen molar-refractivity contribution in [1.29, 1.82) is 0 Å². The van der Waals surface area contributed by atoms with Crippen molar-refractivity contribution in [1.82, 2.24) is 0 Å². The average molecular weight is 1300 g/mol. The van der Waals surface area contributed by atoms with E-state index in [2.05, 4.69) is 184 Å². The predicted octanol–water partition coefficient (Wildman–Crippen LogP) is 28.3. The number of aliphatic hydroxyl groups excluding tert-OH is 1. The van der Waals surface area contributed by atoms with Gasteiger partial charge in [0.15, 0.2) is 6.10 Å². The molecule has 1 unspecified atom stereocenters. The minimum absolute atomic E-state index is 0.0760. The molecule has 5 nitrogen and oxygen atoms in total. The fraction of sp³-hybridized carbons (Fsp3) is 0.663. The molecule has 0 radical (unpaired) electrons. The summed E-state index contributed by atoms with van der Waals surface area (Å²) in [5, 5.41) is 9.73. The van der Waals surface area contributed by atoms with Crippen molar-refractivity contribution in [2.24, 2.45) is 0 Å². The number of hydrogen-bond donors (Lipinski definition) is 1. The molecule has 0 aliphatic rings. The van der Waals surface area contributed by atoms with Crippen LogP contribution < -0.4 is 0 Å². The van der Waals surface area contributed by atoms with Gasteiger partial charge in [-0.15, -0.1) is 0 Å². The van der Waals surface area contributed by atoms with Gasteiger partial charge in [-0.2, -0.15) is 0 Å². The number of ether oxygens (including phenoxy) is 2. The number of unbranched alkanes of at least 4 members (excludes halogenated alkanes) is 36. The van der Waals surface area contributed by atoms with Crippen molar-refractivity contribution in [2.75, 3.05) is 13.2 Å². The fourth-order valence-electron chi connectivity index (χ4n) is 11.1. The molecule has 0 aromatic carbocycles. The Balaban J connectivity index is 3.52. The van der Waals surface area contributed by atoms with Gasteiger partial charge in [-0.3, -0.25) is 9.59 Å². The monoisotopic (exact) mass is 1300 g/mol. The molecular weight excluding hydrogens is 1150 g/mol. The summed E-state index contributed by atoms with van der Waals surface area (Å²) in [5.74, 6) is -0.600. The van der Waals surface area contributed by atoms with Crippen molar-refractivity contribution >= 4 is 11.9 Å². The molecular formula is C89H148O5. The highest BCUT2D eigenvalue weighted by Crippen LogP contribution is 2.18. The van der Waals surface area contributed by atoms with E-state index >= 15 is 0 Å². The highest BCUT2D eigenvalue weighted by atomic mass is 16.6. The number of aliphatic hydroxyl groups is 1. The molecule has 0 bridgehead atoms. The number of esters is 2. The second-order valence-corrected chi connectivity index (χ2v) is 26.1. The molecule has 0 aromatic heterocycles. The van der Waals surface area contributed by atoms with Crippen molar-refractivity contribution in [3.05, 3.63) is 170 Å². The Morgan fingerprint density at radius 1 is 0.255 bits per heavy atom. The van der Waals surface area contributed by atoms with Crippen LogP contribution in [0.15, 0.2) is 170 Å². The van der Waals surface area contributed by atoms with Gasteiger partial charge in [0.2, 0.25) is 0 Å². The van der Waals surface area contributed by atoms with E-state index in [4.69, 9.17) is 9.47 Å². The zero-order valence-corrected chi connectivity index (χ0v) is 61.4. The van der Waals surface area contributed by atoms with Gasteiger partial charge in [-0.1, -0.05) is 383 Å². The lowest BCUT2D eigenvalue weighted by Gasteiger charge is -2.15. The molecule has 1 N–H and O–H groups in total. The number of carbonyl (C=O) groups excluding carboxylic acids is 2. The van der Waals surface area contributed by atoms with Gasteiger partial charge in [0.05, 0.1) is 6.61 Å². The van der Waals surface area contributed by atoms with Gasteiger partial charge in [0.1, 0.15) is 6.61 Å². The molecule has 0 rings (SSSR count). The molecule has 0 heterocycles. The molecule has 94 heavy (non-hydrogen) atoms. The van der Waals surface area contributed by atoms with E-state index in [1.165, 1.54) is 205 Å². The first kappa shape index (κ1) is 89.3. The first-order valence-corrected chi connectivity index (χ1v) is 39.7. The Morgan fingerprint density at radius 3 is 0.691 bits per heavy atom. The Bertz CT molecular complexity index is 2010. The third-order valence-corrected chi connectivity index (χ3v) is 17.0. The Hall–Kier alpha value is -4.74. The lowest BCUT2D eigenvalue weighted by Crippen LogP contribution is -2.28. The van der Waals surface area contributed by atoms with E-state index in [1.807, 2.05) is 0 Å². The number of carbonyl (C=O) groups is 2. The van der Waals surface area contributed by atoms with Gasteiger partial charge in [-0.25, -0.2) is 0 Å². The molecule has 0 spiro atoms. The van der Waals surface area contributed by atoms with Gasteiger partial charge in [0.25, 0.3) is 0 Å². The number of hydrogen-bond acceptors (Lipinski definition) is 5. The maximum absolute atomic E-state index is 12.4. The molecule has 5 heteroatoms. The second-order valence-electron chi connectivity index (χ2n) is 26.1. The number of rotatable bonds is 72. The lowest BCUT2D eigenvalue weighted by atomic mass is 10.0. The third kappa shape index (κ3) is 79.7. The summed E-state index contributed by atoms with van der Waals surface area (Å²) in [6.07, 6.45) is 127. The Morgan fingerprint density at radius 2 is 0.457 bits per heavy atom. The molecule has 0 saturated carbocycles. The molecule has 534 valence electrons. The summed E-state index contributed by atoms with van der Waals surface area (Å²) in [6, 6.07) is 0. The maximum Gasteiger partial charge on any atom is 0.306 e. The van der Waals surface area contributed by atoms with Crippen molar-refractivity contribution in [2.45, 2.75) is 367 Å². The van der Waals surface area contributed by atoms with Gasteiger partial charge < -0.3 is 14.6 Å². The molecule has 0 aliphatic heterocycles. The van der Waals surface area contributed by atoms with Crippen molar-refractivity contribution in [3.8, 4) is 0 Å². The van der Waals surface area contributed by atoms with E-state index in [1.54, 1.807) is 0 Å². The van der Waals surface area contributed by atoms with Crippen LogP contribution >= 0.6 is 0 Å². The first-order valence-electron chi connectivity index (χ1n) is 39.7. The van der Waals surface area contributed by atoms with Crippen LogP contribution in [0.5, 0.6) is 0 Å². The van der Waals surface area contributed by atoms with E-state index in [0.29, 0.717) is 12.8 Å². The van der Waals surface area contributed by atoms with Crippen LogP contribution in [0.3, 0.4) is 0 Å². The third-order valence-electron chi connectivity index (χ3n) is 17.0. The van der Waals surface area contributed by atoms with Crippen molar-refractivity contribution < 1.29 is 24.2 Å². The van der Waals surface area contributed by atoms with E-state index in [-0.39, 0.29) is 25.2 Å². The van der Waals surface area contributed by atoms with Crippen LogP contribution in [0, 0.1) is 0 Å². The molecule has 0 aromatic rings. The van der Waals surface area contributed by atoms with Crippen LogP contribution in [-0.4, -0.2) is 36.4 Å². The standard InChI is InChI=1S/C89H148O5/c1-3-5-7-9-11-13-15-17-19-21-23-25-27-29-31-33-35-37-39-41-43-44-46-48-50-52-54-56-58-60-62-64-66-68-70-72-74-76-78-80-82-84-89(92)94-87(85-90)86-93-88(91)83-81-79-77-75-73-71-69-67-65-63-61-59-57-55-53-51-49-47-45-42-40-38-36-34-32-30-28-26-24-22-20-18-16-14-12-10-8-6-4-2/h5,7,11,13,16-19,22-25,28-31,35,37,41,43,46,48,52,54,58,60,64,66,87,90H,3-4,6,8-10,12,14-15,20-21,26-27,32-34,36,38-40,42,44-45,47,49-51,53,55-57,59,61-63,65,67-86H2,1-2H3/b7-5-,13-11-,18-16-,19-17-,24-22-,25-23-,30-28-,31-29-,37-35-,43-41-,48-46-,54-52-,60-58-,66-64-. The van der Waals surface area contributed by atoms with Crippen LogP contribution in [0.4, 0.5) is 0 Å². The summed E-state index contributed by atoms with van der Waals surface area (Å²) >= 11 is 0. The van der Waals surface area contributed by atoms with Gasteiger partial charge >= 0.3 is 11.9 Å². The minimum atomic E-state index is -0.790. The normalized spacial score (nSPS) is 13.2. The largest absolute Gasteiger partial charge is 0.462 e. The first-order chi connectivity index (χ1) is 46.6. The zero-order chi connectivity index (χ0) is 67.5. The Labute approximate surface area is 583 Å². The summed E-state index contributed by atoms with van der Waals surface area (Å²) < 4.78 is 10.8. The summed E-state index contributed by atoms with van der Waals surface area (Å²) in [4.78, 5) is 24.7. The molecule has 0 aliphatic carbocycles. The van der Waals surface area contributed by atoms with E-state index in [9.17, 15) is 14.7 Å². The SMILES string of the molecule is CC/C=C\C/C=C\C/C=C\C/C=C\C/C=C\C/C=C\C/C=C\C/C=C\C/C=C\C/C=C\C/C=C\CCCCCCCCCC(=O)OC(CO)COC(=O)CCCCCCCCCCCCCCCCCCCCCCCCCC/C=C\C/C=C\C/C=C\CCCCCCC. The highest BCUT2D eigenvalue weighted by Gasteiger charge is 2.16. The number of allylic oxidation sites excluding steroid dienone is 28. The van der Waals surface area contributed by atoms with Gasteiger partial charge in [-0.05, 0) is 135 Å². The summed E-state index contributed by atoms with van der Waals surface area (Å²) in [5.41, 5.74) is 0. The smallest absolute Gasteiger partial charge is 0.306 e. The molecule has 0 saturated heterocycles. The zero-order valence-electron chi connectivity index (χ0n) is 61.4. The summed E-state index contributed by atoms with van der Waals surface area (Å²) in [6.45, 7) is 4.03. The lowest BCUT2D eigenvalue weighted by molar-refractivity contribution is -0.161. The topological polar surface area (TPSA) is 72.8 Å². The Kier molecular flexibility index (Phi) is 78.3. The molecule has 1 atom stereocenters. The average Bonchev–Trinajstić information content (AvgIpc) is 3.77. The van der Waals surface area contributed by atoms with E-state index < -0.39 is 6.10 Å². The van der Waals surface area contributed by atoms with Crippen LogP contribution in [0.1, 0.15) is 361 Å². The highest BCUT2D eigenvalue weighted by molar-refractivity contribution is 5.70. The van der Waals surface area contributed by atoms with Crippen LogP contribution in [0.25, 0.3) is 0 Å². The van der Waals surface area contributed by atoms with Gasteiger partial charge in [0, 0.05) is 12.8 Å². The predicted molar refractivity (Wildman–Crippen MR) is 417 cm³/mol. The second kappa shape index (κ2) is 82.5. The molecule has 0 amide bonds. The maximum atomic E-state index is 12.4. The quantitative estimate of drug-likeness (QED) is 0.0373. The van der Waals surface area contributed by atoms with Crippen molar-refractivity contribution in [3.63, 3.8) is 0 Å².